The number of nitrogens with one attached hydrogen (secondary N) is 2. The van der Waals surface area contributed by atoms with Gasteiger partial charge in [0.1, 0.15) is 23.1 Å². The Balaban J connectivity index is 1.41. The van der Waals surface area contributed by atoms with E-state index in [1.807, 2.05) is 0 Å². The van der Waals surface area contributed by atoms with Crippen LogP contribution in [0.1, 0.15) is 5.82 Å². The number of halogens is 1. The molecule has 0 radical (unpaired) electrons. The number of anilines is 1. The summed E-state index contributed by atoms with van der Waals surface area (Å²) in [4.78, 5) is 0.478. The number of aromatic amines is 1. The lowest BCUT2D eigenvalue weighted by Crippen LogP contribution is -2.13. The van der Waals surface area contributed by atoms with Gasteiger partial charge < -0.3 is 9.84 Å². The van der Waals surface area contributed by atoms with Crippen LogP contribution in [0.3, 0.4) is 0 Å². The number of nitrogens with zero attached hydrogens (tertiary/aromatic N) is 3. The highest BCUT2D eigenvalue weighted by Gasteiger charge is 2.19. The number of fused-ring (bicyclic) bond motifs is 1. The Bertz CT molecular complexity index is 1610. The number of benzene rings is 4. The molecule has 1 aromatic heterocycles. The number of ether oxygens (including phenoxy) is 1. The van der Waals surface area contributed by atoms with E-state index >= 15 is 0 Å². The highest BCUT2D eigenvalue weighted by molar-refractivity contribution is 7.98. The summed E-state index contributed by atoms with van der Waals surface area (Å²) in [5.74, 6) is 1.24. The highest BCUT2D eigenvalue weighted by atomic mass is 32.2. The first-order chi connectivity index (χ1) is 17.4. The first-order valence-corrected chi connectivity index (χ1v) is 13.0. The summed E-state index contributed by atoms with van der Waals surface area (Å²) in [6, 6.07) is 19.9. The van der Waals surface area contributed by atoms with Crippen molar-refractivity contribution in [1.29, 1.82) is 0 Å². The third kappa shape index (κ3) is 5.09. The molecular weight excluding hydrogens is 505 g/mol. The van der Waals surface area contributed by atoms with Crippen LogP contribution in [0.4, 0.5) is 10.1 Å². The van der Waals surface area contributed by atoms with Crippen LogP contribution in [0.5, 0.6) is 17.2 Å². The summed E-state index contributed by atoms with van der Waals surface area (Å²) < 4.78 is 47.7. The Morgan fingerprint density at radius 1 is 0.972 bits per heavy atom. The number of hydrogen-bond donors (Lipinski definition) is 3. The van der Waals surface area contributed by atoms with Crippen molar-refractivity contribution in [2.75, 3.05) is 4.72 Å². The van der Waals surface area contributed by atoms with Gasteiger partial charge in [-0.1, -0.05) is 29.5 Å². The molecule has 5 rings (SSSR count). The van der Waals surface area contributed by atoms with Gasteiger partial charge in [0.05, 0.1) is 21.2 Å². The van der Waals surface area contributed by atoms with Crippen molar-refractivity contribution in [3.8, 4) is 17.2 Å². The van der Waals surface area contributed by atoms with Crippen LogP contribution in [0, 0.1) is 5.82 Å². The molecule has 5 aromatic rings. The molecular formula is C24H18FN5O4S2. The standard InChI is InChI=1S/C24H18FN5O4S2/c25-15-5-7-16(8-6-15)34-17-9-11-18(12-10-17)36(32,33)28-21-13-22(35-14-23-26-29-30-27-23)24(31)20-4-2-1-3-19(20)21/h1-13,28,31H,14H2,(H,26,27,29,30). The largest absolute Gasteiger partial charge is 0.506 e. The maximum atomic E-state index is 13.2. The Hall–Kier alpha value is -4.16. The number of phenols is 1. The van der Waals surface area contributed by atoms with Crippen molar-refractivity contribution in [3.63, 3.8) is 0 Å². The predicted octanol–water partition coefficient (Wildman–Crippen LogP) is 5.08. The van der Waals surface area contributed by atoms with Crippen molar-refractivity contribution in [3.05, 3.63) is 90.5 Å². The van der Waals surface area contributed by atoms with Gasteiger partial charge in [0.2, 0.25) is 0 Å². The lowest BCUT2D eigenvalue weighted by atomic mass is 10.1. The summed E-state index contributed by atoms with van der Waals surface area (Å²) in [6.45, 7) is 0. The van der Waals surface area contributed by atoms with E-state index in [1.54, 1.807) is 30.3 Å². The fraction of sp³-hybridized carbons (Fsp3) is 0.0417. The summed E-state index contributed by atoms with van der Waals surface area (Å²) in [5.41, 5.74) is 0.311. The molecule has 4 aromatic carbocycles. The maximum Gasteiger partial charge on any atom is 0.261 e. The van der Waals surface area contributed by atoms with Crippen molar-refractivity contribution < 1.29 is 22.7 Å². The van der Waals surface area contributed by atoms with Crippen molar-refractivity contribution in [2.24, 2.45) is 0 Å². The monoisotopic (exact) mass is 523 g/mol. The summed E-state index contributed by atoms with van der Waals surface area (Å²) in [6.07, 6.45) is 0. The number of sulfonamides is 1. The third-order valence-corrected chi connectivity index (χ3v) is 7.56. The number of aromatic nitrogens is 4. The van der Waals surface area contributed by atoms with E-state index in [4.69, 9.17) is 4.74 Å². The van der Waals surface area contributed by atoms with E-state index in [1.165, 1.54) is 60.3 Å². The van der Waals surface area contributed by atoms with Gasteiger partial charge in [-0.2, -0.15) is 5.21 Å². The molecule has 1 heterocycles. The van der Waals surface area contributed by atoms with Crippen LogP contribution in [0.2, 0.25) is 0 Å². The second-order valence-electron chi connectivity index (χ2n) is 7.57. The molecule has 3 N–H and O–H groups in total. The lowest BCUT2D eigenvalue weighted by Gasteiger charge is -2.15. The minimum atomic E-state index is -3.97. The molecule has 0 atom stereocenters. The van der Waals surface area contributed by atoms with Crippen LogP contribution >= 0.6 is 11.8 Å². The Kier molecular flexibility index (Phi) is 6.44. The van der Waals surface area contributed by atoms with Gasteiger partial charge in [0, 0.05) is 10.8 Å². The zero-order valence-electron chi connectivity index (χ0n) is 18.4. The van der Waals surface area contributed by atoms with Gasteiger partial charge in [0.25, 0.3) is 10.0 Å². The van der Waals surface area contributed by atoms with Gasteiger partial charge in [-0.25, -0.2) is 12.8 Å². The number of phenolic OH excluding ortho intramolecular Hbond substituents is 1. The normalized spacial score (nSPS) is 11.5. The van der Waals surface area contributed by atoms with E-state index in [-0.39, 0.29) is 16.5 Å². The number of tetrazole rings is 1. The van der Waals surface area contributed by atoms with E-state index in [0.717, 1.165) is 0 Å². The average Bonchev–Trinajstić information content (AvgIpc) is 3.40. The van der Waals surface area contributed by atoms with E-state index < -0.39 is 10.0 Å². The molecule has 0 aliphatic heterocycles. The number of aromatic hydroxyl groups is 1. The first kappa shape index (κ1) is 23.6. The molecule has 0 amide bonds. The fourth-order valence-corrected chi connectivity index (χ4v) is 5.37. The summed E-state index contributed by atoms with van der Waals surface area (Å²) >= 11 is 1.25. The molecule has 0 aliphatic rings. The highest BCUT2D eigenvalue weighted by Crippen LogP contribution is 2.41. The molecule has 0 spiro atoms. The zero-order valence-corrected chi connectivity index (χ0v) is 20.1. The van der Waals surface area contributed by atoms with Crippen LogP contribution in [-0.4, -0.2) is 34.1 Å². The van der Waals surface area contributed by atoms with Gasteiger partial charge in [-0.15, -0.1) is 22.0 Å². The van der Waals surface area contributed by atoms with Crippen molar-refractivity contribution >= 4 is 38.2 Å². The minimum absolute atomic E-state index is 0.0205. The van der Waals surface area contributed by atoms with Crippen LogP contribution in [0.15, 0.2) is 88.7 Å². The molecule has 9 nitrogen and oxygen atoms in total. The van der Waals surface area contributed by atoms with Gasteiger partial charge >= 0.3 is 0 Å². The summed E-state index contributed by atoms with van der Waals surface area (Å²) in [7, 11) is -3.97. The van der Waals surface area contributed by atoms with Crippen LogP contribution in [0.25, 0.3) is 10.8 Å². The van der Waals surface area contributed by atoms with Gasteiger partial charge in [-0.3, -0.25) is 4.72 Å². The number of hydrogen-bond acceptors (Lipinski definition) is 8. The molecule has 0 aliphatic carbocycles. The third-order valence-electron chi connectivity index (χ3n) is 5.15. The lowest BCUT2D eigenvalue weighted by molar-refractivity contribution is 0.469. The molecule has 0 saturated carbocycles. The number of H-pyrrole nitrogens is 1. The minimum Gasteiger partial charge on any atom is -0.506 e. The fourth-order valence-electron chi connectivity index (χ4n) is 3.44. The maximum absolute atomic E-state index is 13.2. The Labute approximate surface area is 209 Å². The first-order valence-electron chi connectivity index (χ1n) is 10.6. The molecule has 0 bridgehead atoms. The van der Waals surface area contributed by atoms with Crippen molar-refractivity contribution in [1.82, 2.24) is 20.6 Å². The SMILES string of the molecule is O=S(=O)(Nc1cc(SCc2nn[nH]n2)c(O)c2ccccc12)c1ccc(Oc2ccc(F)cc2)cc1. The van der Waals surface area contributed by atoms with Crippen LogP contribution in [-0.2, 0) is 15.8 Å². The molecule has 0 fully saturated rings. The number of thioether (sulfide) groups is 1. The molecule has 12 heteroatoms. The molecule has 0 saturated heterocycles. The van der Waals surface area contributed by atoms with E-state index in [9.17, 15) is 17.9 Å². The van der Waals surface area contributed by atoms with Gasteiger partial charge in [0.15, 0.2) is 5.82 Å². The van der Waals surface area contributed by atoms with Gasteiger partial charge in [-0.05, 0) is 54.6 Å². The molecule has 0 unspecified atom stereocenters. The Morgan fingerprint density at radius 3 is 2.31 bits per heavy atom. The zero-order chi connectivity index (χ0) is 25.1. The topological polar surface area (TPSA) is 130 Å². The summed E-state index contributed by atoms with van der Waals surface area (Å²) in [5, 5.41) is 25.5. The van der Waals surface area contributed by atoms with Crippen molar-refractivity contribution in [2.45, 2.75) is 15.5 Å². The molecule has 36 heavy (non-hydrogen) atoms. The molecule has 182 valence electrons. The second kappa shape index (κ2) is 9.84. The Morgan fingerprint density at radius 2 is 1.64 bits per heavy atom. The smallest absolute Gasteiger partial charge is 0.261 e. The second-order valence-corrected chi connectivity index (χ2v) is 10.3. The number of rotatable bonds is 8. The van der Waals surface area contributed by atoms with E-state index in [2.05, 4.69) is 25.3 Å². The average molecular weight is 524 g/mol. The quantitative estimate of drug-likeness (QED) is 0.190. The van der Waals surface area contributed by atoms with Crippen LogP contribution < -0.4 is 9.46 Å². The predicted molar refractivity (Wildman–Crippen MR) is 133 cm³/mol. The van der Waals surface area contributed by atoms with E-state index in [0.29, 0.717) is 44.4 Å².